The van der Waals surface area contributed by atoms with Gasteiger partial charge in [0.2, 0.25) is 0 Å². The normalized spacial score (nSPS) is 19.2. The lowest BCUT2D eigenvalue weighted by Crippen LogP contribution is -2.28. The van der Waals surface area contributed by atoms with Gasteiger partial charge in [0, 0.05) is 12.1 Å². The standard InChI is InChI=1S/C11H13FN2O3/c12-10-6-9(14(15)16)3-4-11(10)17-7-8-2-1-5-13-8/h3-4,6,8,13H,1-2,5,7H2/t8-/m0/s1. The Morgan fingerprint density at radius 3 is 3.00 bits per heavy atom. The fraction of sp³-hybridized carbons (Fsp3) is 0.455. The topological polar surface area (TPSA) is 64.4 Å². The Balaban J connectivity index is 1.98. The van der Waals surface area contributed by atoms with Crippen LogP contribution in [0.4, 0.5) is 10.1 Å². The highest BCUT2D eigenvalue weighted by Gasteiger charge is 2.16. The molecule has 6 heteroatoms. The molecule has 1 aromatic rings. The molecular weight excluding hydrogens is 227 g/mol. The number of nitrogens with one attached hydrogen (secondary N) is 1. The maximum absolute atomic E-state index is 13.4. The van der Waals surface area contributed by atoms with Crippen LogP contribution < -0.4 is 10.1 Å². The quantitative estimate of drug-likeness (QED) is 0.644. The molecule has 1 atom stereocenters. The molecule has 0 unspecified atom stereocenters. The van der Waals surface area contributed by atoms with E-state index in [1.54, 1.807) is 0 Å². The first-order valence-electron chi connectivity index (χ1n) is 5.47. The Morgan fingerprint density at radius 2 is 2.41 bits per heavy atom. The fourth-order valence-corrected chi connectivity index (χ4v) is 1.81. The average Bonchev–Trinajstić information content (AvgIpc) is 2.80. The number of ether oxygens (including phenoxy) is 1. The van der Waals surface area contributed by atoms with Gasteiger partial charge in [0.05, 0.1) is 11.0 Å². The van der Waals surface area contributed by atoms with Crippen LogP contribution in [0.2, 0.25) is 0 Å². The molecule has 1 aliphatic rings. The summed E-state index contributed by atoms with van der Waals surface area (Å²) in [6.07, 6.45) is 2.10. The summed E-state index contributed by atoms with van der Waals surface area (Å²) in [5.74, 6) is -0.638. The summed E-state index contributed by atoms with van der Waals surface area (Å²) in [7, 11) is 0. The minimum atomic E-state index is -0.697. The van der Waals surface area contributed by atoms with Crippen LogP contribution in [0, 0.1) is 15.9 Å². The monoisotopic (exact) mass is 240 g/mol. The number of nitrogens with zero attached hydrogens (tertiary/aromatic N) is 1. The van der Waals surface area contributed by atoms with Crippen molar-refractivity contribution in [3.63, 3.8) is 0 Å². The van der Waals surface area contributed by atoms with E-state index in [4.69, 9.17) is 4.74 Å². The molecule has 1 N–H and O–H groups in total. The van der Waals surface area contributed by atoms with Gasteiger partial charge < -0.3 is 10.1 Å². The molecule has 5 nitrogen and oxygen atoms in total. The van der Waals surface area contributed by atoms with Crippen LogP contribution in [0.1, 0.15) is 12.8 Å². The number of hydrogen-bond donors (Lipinski definition) is 1. The van der Waals surface area contributed by atoms with Crippen LogP contribution in [0.5, 0.6) is 5.75 Å². The maximum atomic E-state index is 13.4. The minimum Gasteiger partial charge on any atom is -0.489 e. The third-order valence-corrected chi connectivity index (χ3v) is 2.73. The summed E-state index contributed by atoms with van der Waals surface area (Å²) >= 11 is 0. The lowest BCUT2D eigenvalue weighted by atomic mass is 10.2. The van der Waals surface area contributed by atoms with Gasteiger partial charge >= 0.3 is 0 Å². The molecule has 1 aliphatic heterocycles. The highest BCUT2D eigenvalue weighted by atomic mass is 19.1. The number of hydrogen-bond acceptors (Lipinski definition) is 4. The van der Waals surface area contributed by atoms with E-state index in [2.05, 4.69) is 5.32 Å². The molecule has 92 valence electrons. The molecule has 2 rings (SSSR count). The second kappa shape index (κ2) is 5.09. The molecule has 1 saturated heterocycles. The van der Waals surface area contributed by atoms with Gasteiger partial charge in [-0.05, 0) is 25.5 Å². The second-order valence-corrected chi connectivity index (χ2v) is 3.98. The Morgan fingerprint density at radius 1 is 1.59 bits per heavy atom. The van der Waals surface area contributed by atoms with E-state index in [1.807, 2.05) is 0 Å². The number of nitro benzene ring substituents is 1. The van der Waals surface area contributed by atoms with Gasteiger partial charge in [-0.2, -0.15) is 0 Å². The van der Waals surface area contributed by atoms with Crippen molar-refractivity contribution in [1.29, 1.82) is 0 Å². The maximum Gasteiger partial charge on any atom is 0.272 e. The summed E-state index contributed by atoms with van der Waals surface area (Å²) in [5.41, 5.74) is -0.270. The van der Waals surface area contributed by atoms with Crippen molar-refractivity contribution in [1.82, 2.24) is 5.32 Å². The molecular formula is C11H13FN2O3. The van der Waals surface area contributed by atoms with E-state index < -0.39 is 10.7 Å². The van der Waals surface area contributed by atoms with Crippen molar-refractivity contribution in [3.8, 4) is 5.75 Å². The van der Waals surface area contributed by atoms with Gasteiger partial charge in [-0.3, -0.25) is 10.1 Å². The van der Waals surface area contributed by atoms with Gasteiger partial charge in [0.15, 0.2) is 11.6 Å². The molecule has 0 aliphatic carbocycles. The van der Waals surface area contributed by atoms with Crippen molar-refractivity contribution in [2.45, 2.75) is 18.9 Å². The molecule has 1 aromatic carbocycles. The minimum absolute atomic E-state index is 0.0595. The Kier molecular flexibility index (Phi) is 3.53. The number of halogens is 1. The first-order valence-corrected chi connectivity index (χ1v) is 5.47. The van der Waals surface area contributed by atoms with Crippen LogP contribution >= 0.6 is 0 Å². The van der Waals surface area contributed by atoms with Gasteiger partial charge in [0.25, 0.3) is 5.69 Å². The van der Waals surface area contributed by atoms with Gasteiger partial charge in [-0.25, -0.2) is 4.39 Å². The van der Waals surface area contributed by atoms with Crippen LogP contribution in [0.25, 0.3) is 0 Å². The molecule has 0 amide bonds. The third-order valence-electron chi connectivity index (χ3n) is 2.73. The van der Waals surface area contributed by atoms with Crippen molar-refractivity contribution < 1.29 is 14.1 Å². The van der Waals surface area contributed by atoms with Crippen LogP contribution in [0.15, 0.2) is 18.2 Å². The zero-order valence-electron chi connectivity index (χ0n) is 9.19. The molecule has 0 spiro atoms. The van der Waals surface area contributed by atoms with E-state index in [0.717, 1.165) is 25.5 Å². The zero-order chi connectivity index (χ0) is 12.3. The lowest BCUT2D eigenvalue weighted by molar-refractivity contribution is -0.385. The second-order valence-electron chi connectivity index (χ2n) is 3.98. The van der Waals surface area contributed by atoms with Crippen molar-refractivity contribution in [2.75, 3.05) is 13.2 Å². The van der Waals surface area contributed by atoms with E-state index in [-0.39, 0.29) is 17.5 Å². The van der Waals surface area contributed by atoms with E-state index in [1.165, 1.54) is 12.1 Å². The van der Waals surface area contributed by atoms with Crippen molar-refractivity contribution in [2.24, 2.45) is 0 Å². The van der Waals surface area contributed by atoms with E-state index in [0.29, 0.717) is 6.61 Å². The average molecular weight is 240 g/mol. The predicted molar refractivity (Wildman–Crippen MR) is 59.6 cm³/mol. The van der Waals surface area contributed by atoms with E-state index >= 15 is 0 Å². The van der Waals surface area contributed by atoms with Crippen LogP contribution in [-0.2, 0) is 0 Å². The van der Waals surface area contributed by atoms with Gasteiger partial charge in [-0.15, -0.1) is 0 Å². The summed E-state index contributed by atoms with van der Waals surface area (Å²) in [4.78, 5) is 9.79. The molecule has 1 fully saturated rings. The lowest BCUT2D eigenvalue weighted by Gasteiger charge is -2.12. The summed E-state index contributed by atoms with van der Waals surface area (Å²) in [6, 6.07) is 3.64. The van der Waals surface area contributed by atoms with Crippen LogP contribution in [0.3, 0.4) is 0 Å². The Bertz CT molecular complexity index is 419. The molecule has 0 aromatic heterocycles. The highest BCUT2D eigenvalue weighted by molar-refractivity contribution is 5.37. The molecule has 0 radical (unpaired) electrons. The summed E-state index contributed by atoms with van der Waals surface area (Å²) in [5, 5.41) is 13.6. The Labute approximate surface area is 97.7 Å². The number of rotatable bonds is 4. The fourth-order valence-electron chi connectivity index (χ4n) is 1.81. The van der Waals surface area contributed by atoms with Crippen molar-refractivity contribution >= 4 is 5.69 Å². The highest BCUT2D eigenvalue weighted by Crippen LogP contribution is 2.22. The van der Waals surface area contributed by atoms with Gasteiger partial charge in [0.1, 0.15) is 6.61 Å². The summed E-state index contributed by atoms with van der Waals surface area (Å²) in [6.45, 7) is 1.34. The largest absolute Gasteiger partial charge is 0.489 e. The smallest absolute Gasteiger partial charge is 0.272 e. The molecule has 17 heavy (non-hydrogen) atoms. The third kappa shape index (κ3) is 2.91. The van der Waals surface area contributed by atoms with Crippen LogP contribution in [-0.4, -0.2) is 24.1 Å². The first-order chi connectivity index (χ1) is 8.16. The first kappa shape index (κ1) is 11.8. The molecule has 1 heterocycles. The number of benzene rings is 1. The van der Waals surface area contributed by atoms with Crippen molar-refractivity contribution in [3.05, 3.63) is 34.1 Å². The number of non-ortho nitro benzene ring substituents is 1. The SMILES string of the molecule is O=[N+]([O-])c1ccc(OC[C@@H]2CCCN2)c(F)c1. The Hall–Kier alpha value is -1.69. The molecule has 0 saturated carbocycles. The summed E-state index contributed by atoms with van der Waals surface area (Å²) < 4.78 is 18.7. The predicted octanol–water partition coefficient (Wildman–Crippen LogP) is 1.86. The van der Waals surface area contributed by atoms with Gasteiger partial charge in [-0.1, -0.05) is 0 Å². The van der Waals surface area contributed by atoms with E-state index in [9.17, 15) is 14.5 Å². The zero-order valence-corrected chi connectivity index (χ0v) is 9.19. The molecule has 0 bridgehead atoms. The number of nitro groups is 1.